The summed E-state index contributed by atoms with van der Waals surface area (Å²) in [6.45, 7) is 0.156. The minimum atomic E-state index is -0.557. The maximum atomic E-state index is 11.9. The molecule has 0 saturated heterocycles. The summed E-state index contributed by atoms with van der Waals surface area (Å²) in [6.07, 6.45) is 2.96. The van der Waals surface area contributed by atoms with Gasteiger partial charge >= 0.3 is 5.82 Å². The van der Waals surface area contributed by atoms with Gasteiger partial charge in [0.25, 0.3) is 0 Å². The highest BCUT2D eigenvalue weighted by atomic mass is 16.6. The summed E-state index contributed by atoms with van der Waals surface area (Å²) in [4.78, 5) is 31.5. The number of rotatable bonds is 2. The molecular formula is C11H10N4O3. The highest BCUT2D eigenvalue weighted by molar-refractivity contribution is 6.04. The van der Waals surface area contributed by atoms with Gasteiger partial charge in [-0.25, -0.2) is 0 Å². The molecule has 3 aliphatic rings. The number of aliphatic imine (C=N–C) groups is 1. The average molecular weight is 246 g/mol. The fourth-order valence-electron chi connectivity index (χ4n) is 2.24. The molecule has 0 unspecified atom stereocenters. The van der Waals surface area contributed by atoms with Crippen LogP contribution < -0.4 is 4.90 Å². The Morgan fingerprint density at radius 2 is 2.17 bits per heavy atom. The minimum Gasteiger partial charge on any atom is -0.358 e. The van der Waals surface area contributed by atoms with Crippen LogP contribution in [-0.2, 0) is 4.79 Å². The van der Waals surface area contributed by atoms with E-state index < -0.39 is 4.92 Å². The highest BCUT2D eigenvalue weighted by Gasteiger charge is 2.37. The van der Waals surface area contributed by atoms with E-state index in [1.165, 1.54) is 12.3 Å². The van der Waals surface area contributed by atoms with Gasteiger partial charge in [-0.05, 0) is 16.0 Å². The number of carbonyl (C=O) groups excluding carboxylic acids is 1. The predicted molar refractivity (Wildman–Crippen MR) is 63.7 cm³/mol. The molecule has 0 N–H and O–H groups in total. The molecule has 7 nitrogen and oxygen atoms in total. The number of amides is 1. The van der Waals surface area contributed by atoms with Crippen molar-refractivity contribution in [2.45, 2.75) is 18.9 Å². The Hall–Kier alpha value is -2.31. The van der Waals surface area contributed by atoms with E-state index in [1.807, 2.05) is 0 Å². The number of carbonyl (C=O) groups is 1. The van der Waals surface area contributed by atoms with Crippen molar-refractivity contribution < 1.29 is 9.72 Å². The molecule has 4 rings (SSSR count). The summed E-state index contributed by atoms with van der Waals surface area (Å²) in [5, 5.41) is 10.5. The first-order valence-corrected chi connectivity index (χ1v) is 5.60. The number of fused-ring (bicyclic) bond motifs is 3. The molecule has 3 heterocycles. The van der Waals surface area contributed by atoms with Crippen molar-refractivity contribution in [3.05, 3.63) is 28.4 Å². The van der Waals surface area contributed by atoms with Crippen LogP contribution >= 0.6 is 0 Å². The van der Waals surface area contributed by atoms with Gasteiger partial charge in [-0.1, -0.05) is 0 Å². The van der Waals surface area contributed by atoms with Crippen LogP contribution in [0.4, 0.5) is 11.5 Å². The highest BCUT2D eigenvalue weighted by Crippen LogP contribution is 2.30. The topological polar surface area (TPSA) is 88.7 Å². The third kappa shape index (κ3) is 1.64. The molecule has 1 aromatic rings. The molecule has 1 aliphatic carbocycles. The van der Waals surface area contributed by atoms with Crippen LogP contribution in [0.25, 0.3) is 0 Å². The van der Waals surface area contributed by atoms with Gasteiger partial charge in [-0.15, -0.1) is 0 Å². The lowest BCUT2D eigenvalue weighted by atomic mass is 9.89. The van der Waals surface area contributed by atoms with Crippen molar-refractivity contribution in [3.8, 4) is 0 Å². The molecule has 1 fully saturated rings. The van der Waals surface area contributed by atoms with E-state index in [4.69, 9.17) is 0 Å². The van der Waals surface area contributed by atoms with E-state index >= 15 is 0 Å². The molecule has 18 heavy (non-hydrogen) atoms. The lowest BCUT2D eigenvalue weighted by Crippen LogP contribution is -2.46. The number of pyridine rings is 1. The first-order valence-electron chi connectivity index (χ1n) is 5.60. The first-order chi connectivity index (χ1) is 8.65. The number of hydrogen-bond donors (Lipinski definition) is 0. The number of nitro groups is 1. The third-order valence-corrected chi connectivity index (χ3v) is 3.21. The van der Waals surface area contributed by atoms with Crippen molar-refractivity contribution in [2.75, 3.05) is 11.4 Å². The van der Waals surface area contributed by atoms with Gasteiger partial charge in [0.1, 0.15) is 6.54 Å². The lowest BCUT2D eigenvalue weighted by Gasteiger charge is -2.34. The summed E-state index contributed by atoms with van der Waals surface area (Å²) in [5.74, 6) is -0.297. The number of nitrogens with zero attached hydrogens (tertiary/aromatic N) is 4. The molecule has 7 heteroatoms. The zero-order valence-electron chi connectivity index (χ0n) is 9.44. The molecule has 1 saturated carbocycles. The van der Waals surface area contributed by atoms with Crippen molar-refractivity contribution in [3.63, 3.8) is 0 Å². The number of hydrogen-bond acceptors (Lipinski definition) is 5. The Morgan fingerprint density at radius 1 is 1.39 bits per heavy atom. The van der Waals surface area contributed by atoms with Crippen LogP contribution in [0, 0.1) is 10.1 Å². The number of anilines is 1. The third-order valence-electron chi connectivity index (χ3n) is 3.21. The van der Waals surface area contributed by atoms with Crippen molar-refractivity contribution in [1.29, 1.82) is 0 Å². The summed E-state index contributed by atoms with van der Waals surface area (Å²) in [6, 6.07) is 3.00. The average Bonchev–Trinajstić information content (AvgIpc) is 2.56. The maximum absolute atomic E-state index is 11.9. The molecule has 1 amide bonds. The van der Waals surface area contributed by atoms with E-state index in [0.717, 1.165) is 18.6 Å². The molecule has 0 aromatic carbocycles. The summed E-state index contributed by atoms with van der Waals surface area (Å²) < 4.78 is 0. The van der Waals surface area contributed by atoms with Crippen molar-refractivity contribution in [2.24, 2.45) is 4.99 Å². The van der Waals surface area contributed by atoms with Crippen LogP contribution in [0.3, 0.4) is 0 Å². The van der Waals surface area contributed by atoms with Gasteiger partial charge in [0.15, 0.2) is 6.20 Å². The molecular weight excluding hydrogens is 236 g/mol. The molecule has 92 valence electrons. The zero-order chi connectivity index (χ0) is 12.7. The van der Waals surface area contributed by atoms with E-state index in [-0.39, 0.29) is 24.3 Å². The van der Waals surface area contributed by atoms with E-state index in [2.05, 4.69) is 9.98 Å². The van der Waals surface area contributed by atoms with Crippen LogP contribution in [0.5, 0.6) is 0 Å². The Kier molecular flexibility index (Phi) is 2.32. The second-order valence-electron chi connectivity index (χ2n) is 4.34. The van der Waals surface area contributed by atoms with Gasteiger partial charge < -0.3 is 15.0 Å². The van der Waals surface area contributed by atoms with E-state index in [0.29, 0.717) is 5.69 Å². The maximum Gasteiger partial charge on any atom is 0.363 e. The summed E-state index contributed by atoms with van der Waals surface area (Å²) >= 11 is 0. The molecule has 2 aliphatic heterocycles. The lowest BCUT2D eigenvalue weighted by molar-refractivity contribution is -0.389. The Bertz CT molecular complexity index is 544. The Morgan fingerprint density at radius 3 is 2.78 bits per heavy atom. The standard InChI is InChI=1S/C11H10N4O3/c16-11-6-12-7-3-9(4-7)14(11)8-1-2-10(13-5-8)15(17)18/h1-2,5,9H,3-4,6H2. The fraction of sp³-hybridized carbons (Fsp3) is 0.364. The van der Waals surface area contributed by atoms with Gasteiger partial charge in [-0.2, -0.15) is 0 Å². The van der Waals surface area contributed by atoms with E-state index in [1.54, 1.807) is 11.0 Å². The van der Waals surface area contributed by atoms with Gasteiger partial charge in [-0.3, -0.25) is 9.79 Å². The normalized spacial score (nSPS) is 19.0. The van der Waals surface area contributed by atoms with Crippen LogP contribution in [0.2, 0.25) is 0 Å². The molecule has 2 bridgehead atoms. The van der Waals surface area contributed by atoms with Gasteiger partial charge in [0, 0.05) is 30.7 Å². The second kappa shape index (κ2) is 3.86. The van der Waals surface area contributed by atoms with Crippen LogP contribution in [-0.4, -0.2) is 34.1 Å². The minimum absolute atomic E-state index is 0.0804. The van der Waals surface area contributed by atoms with Crippen molar-refractivity contribution >= 4 is 23.1 Å². The molecule has 1 aromatic heterocycles. The van der Waals surface area contributed by atoms with Gasteiger partial charge in [0.2, 0.25) is 5.91 Å². The van der Waals surface area contributed by atoms with Crippen molar-refractivity contribution in [1.82, 2.24) is 4.98 Å². The predicted octanol–water partition coefficient (Wildman–Crippen LogP) is 0.940. The fourth-order valence-corrected chi connectivity index (χ4v) is 2.24. The largest absolute Gasteiger partial charge is 0.363 e. The zero-order valence-corrected chi connectivity index (χ0v) is 9.44. The van der Waals surface area contributed by atoms with E-state index in [9.17, 15) is 14.9 Å². The van der Waals surface area contributed by atoms with Crippen LogP contribution in [0.1, 0.15) is 12.8 Å². The smallest absolute Gasteiger partial charge is 0.358 e. The quantitative estimate of drug-likeness (QED) is 0.573. The summed E-state index contributed by atoms with van der Waals surface area (Å²) in [5.41, 5.74) is 1.68. The number of aromatic nitrogens is 1. The first kappa shape index (κ1) is 10.8. The SMILES string of the molecule is O=C1CN=C2CC(C2)N1c1ccc([N+](=O)[O-])nc1. The van der Waals surface area contributed by atoms with Crippen LogP contribution in [0.15, 0.2) is 23.3 Å². The Balaban J connectivity index is 1.89. The Labute approximate surface area is 102 Å². The molecule has 0 atom stereocenters. The molecule has 0 radical (unpaired) electrons. The summed E-state index contributed by atoms with van der Waals surface area (Å²) in [7, 11) is 0. The molecule has 0 spiro atoms. The van der Waals surface area contributed by atoms with Gasteiger partial charge in [0.05, 0.1) is 5.69 Å². The monoisotopic (exact) mass is 246 g/mol. The second-order valence-corrected chi connectivity index (χ2v) is 4.34.